The summed E-state index contributed by atoms with van der Waals surface area (Å²) < 4.78 is 17.1. The van der Waals surface area contributed by atoms with Crippen LogP contribution in [0.4, 0.5) is 11.4 Å². The Bertz CT molecular complexity index is 1130. The number of ether oxygens (including phenoxy) is 3. The van der Waals surface area contributed by atoms with E-state index in [0.717, 1.165) is 40.4 Å². The number of pyridine rings is 1. The molecule has 158 valence electrons. The van der Waals surface area contributed by atoms with Gasteiger partial charge in [-0.2, -0.15) is 0 Å². The maximum Gasteiger partial charge on any atom is 0.238 e. The number of nitrogens with one attached hydrogen (secondary N) is 2. The summed E-state index contributed by atoms with van der Waals surface area (Å²) in [5.41, 5.74) is 4.33. The van der Waals surface area contributed by atoms with E-state index in [-0.39, 0.29) is 11.9 Å². The highest BCUT2D eigenvalue weighted by Gasteiger charge is 2.22. The van der Waals surface area contributed by atoms with Crippen molar-refractivity contribution >= 4 is 17.3 Å². The first kappa shape index (κ1) is 19.2. The summed E-state index contributed by atoms with van der Waals surface area (Å²) in [6.07, 6.45) is 1.38. The predicted octanol–water partition coefficient (Wildman–Crippen LogP) is 4.22. The molecule has 0 saturated carbocycles. The van der Waals surface area contributed by atoms with Gasteiger partial charge >= 0.3 is 0 Å². The van der Waals surface area contributed by atoms with Gasteiger partial charge in [-0.15, -0.1) is 0 Å². The van der Waals surface area contributed by atoms with E-state index >= 15 is 0 Å². The van der Waals surface area contributed by atoms with Crippen molar-refractivity contribution in [3.05, 3.63) is 60.2 Å². The molecule has 0 spiro atoms. The van der Waals surface area contributed by atoms with Gasteiger partial charge in [0.15, 0.2) is 11.5 Å². The van der Waals surface area contributed by atoms with Gasteiger partial charge in [0, 0.05) is 17.7 Å². The number of carbonyl (C=O) groups excluding carboxylic acids is 1. The quantitative estimate of drug-likeness (QED) is 0.647. The van der Waals surface area contributed by atoms with Crippen LogP contribution in [0.5, 0.6) is 17.4 Å². The Morgan fingerprint density at radius 2 is 1.97 bits per heavy atom. The van der Waals surface area contributed by atoms with Gasteiger partial charge in [0.05, 0.1) is 18.8 Å². The molecule has 2 aliphatic rings. The fraction of sp³-hybridized carbons (Fsp3) is 0.250. The van der Waals surface area contributed by atoms with Crippen LogP contribution in [0.1, 0.15) is 24.4 Å². The maximum absolute atomic E-state index is 11.6. The first-order chi connectivity index (χ1) is 15.2. The van der Waals surface area contributed by atoms with Crippen LogP contribution < -0.4 is 24.8 Å². The minimum atomic E-state index is 0.0584. The highest BCUT2D eigenvalue weighted by Crippen LogP contribution is 2.40. The Kier molecular flexibility index (Phi) is 5.08. The minimum Gasteiger partial charge on any atom is -0.486 e. The van der Waals surface area contributed by atoms with Crippen molar-refractivity contribution < 1.29 is 19.0 Å². The molecule has 7 nitrogen and oxygen atoms in total. The molecule has 3 aromatic rings. The van der Waals surface area contributed by atoms with Gasteiger partial charge in [0.2, 0.25) is 11.8 Å². The molecule has 1 fully saturated rings. The molecule has 1 saturated heterocycles. The topological polar surface area (TPSA) is 81.7 Å². The number of aromatic nitrogens is 1. The monoisotopic (exact) mass is 417 g/mol. The van der Waals surface area contributed by atoms with Crippen LogP contribution in [0.3, 0.4) is 0 Å². The van der Waals surface area contributed by atoms with E-state index in [9.17, 15) is 4.79 Å². The van der Waals surface area contributed by atoms with E-state index in [0.29, 0.717) is 31.3 Å². The average molecular weight is 417 g/mol. The molecule has 1 amide bonds. The van der Waals surface area contributed by atoms with Crippen molar-refractivity contribution in [3.8, 4) is 28.6 Å². The molecule has 2 aromatic carbocycles. The standard InChI is InChI=1S/C24H23N3O4/c1-29-24-20(25-16-5-2-4-15(14-16)18-10-11-22(28)26-18)9-8-19(27-24)17-6-3-7-21-23(17)31-13-12-30-21/h2-9,14,18,25H,10-13H2,1H3,(H,26,28). The molecule has 0 bridgehead atoms. The molecule has 5 rings (SSSR count). The lowest BCUT2D eigenvalue weighted by molar-refractivity contribution is -0.119. The third kappa shape index (κ3) is 3.86. The second-order valence-electron chi connectivity index (χ2n) is 7.49. The normalized spacial score (nSPS) is 17.2. The molecule has 7 heteroatoms. The number of methoxy groups -OCH3 is 1. The van der Waals surface area contributed by atoms with Gasteiger partial charge in [-0.1, -0.05) is 18.2 Å². The van der Waals surface area contributed by atoms with Crippen molar-refractivity contribution in [2.75, 3.05) is 25.6 Å². The van der Waals surface area contributed by atoms with Crippen LogP contribution in [-0.4, -0.2) is 31.2 Å². The number of rotatable bonds is 5. The summed E-state index contributed by atoms with van der Waals surface area (Å²) in [6.45, 7) is 1.05. The summed E-state index contributed by atoms with van der Waals surface area (Å²) in [5, 5.41) is 6.39. The highest BCUT2D eigenvalue weighted by atomic mass is 16.6. The molecule has 2 N–H and O–H groups in total. The number of amides is 1. The van der Waals surface area contributed by atoms with Crippen molar-refractivity contribution in [2.24, 2.45) is 0 Å². The van der Waals surface area contributed by atoms with Crippen LogP contribution in [-0.2, 0) is 4.79 Å². The lowest BCUT2D eigenvalue weighted by atomic mass is 10.0. The molecular weight excluding hydrogens is 394 g/mol. The molecule has 1 aromatic heterocycles. The van der Waals surface area contributed by atoms with Crippen LogP contribution in [0.15, 0.2) is 54.6 Å². The Morgan fingerprint density at radius 3 is 2.81 bits per heavy atom. The molecule has 1 unspecified atom stereocenters. The third-order valence-corrected chi connectivity index (χ3v) is 5.46. The zero-order chi connectivity index (χ0) is 21.2. The number of hydrogen-bond acceptors (Lipinski definition) is 6. The molecule has 3 heterocycles. The number of hydrogen-bond donors (Lipinski definition) is 2. The second kappa shape index (κ2) is 8.18. The zero-order valence-corrected chi connectivity index (χ0v) is 17.2. The first-order valence-corrected chi connectivity index (χ1v) is 10.3. The van der Waals surface area contributed by atoms with E-state index < -0.39 is 0 Å². The lowest BCUT2D eigenvalue weighted by Gasteiger charge is -2.21. The van der Waals surface area contributed by atoms with E-state index in [1.807, 2.05) is 54.6 Å². The number of fused-ring (bicyclic) bond motifs is 1. The van der Waals surface area contributed by atoms with Gasteiger partial charge in [-0.25, -0.2) is 4.98 Å². The molecule has 1 atom stereocenters. The van der Waals surface area contributed by atoms with Gasteiger partial charge in [-0.3, -0.25) is 4.79 Å². The van der Waals surface area contributed by atoms with Gasteiger partial charge in [0.25, 0.3) is 0 Å². The van der Waals surface area contributed by atoms with Crippen molar-refractivity contribution in [3.63, 3.8) is 0 Å². The third-order valence-electron chi connectivity index (χ3n) is 5.46. The van der Waals surface area contributed by atoms with Gasteiger partial charge in [0.1, 0.15) is 18.9 Å². The summed E-state index contributed by atoms with van der Waals surface area (Å²) in [4.78, 5) is 16.3. The smallest absolute Gasteiger partial charge is 0.238 e. The van der Waals surface area contributed by atoms with Crippen LogP contribution in [0.25, 0.3) is 11.3 Å². The SMILES string of the molecule is COc1nc(-c2cccc3c2OCCO3)ccc1Nc1cccc(C2CCC(=O)N2)c1. The van der Waals surface area contributed by atoms with Crippen molar-refractivity contribution in [2.45, 2.75) is 18.9 Å². The Labute approximate surface area is 180 Å². The number of nitrogens with zero attached hydrogens (tertiary/aromatic N) is 1. The van der Waals surface area contributed by atoms with E-state index in [1.165, 1.54) is 0 Å². The average Bonchev–Trinajstić information content (AvgIpc) is 3.25. The van der Waals surface area contributed by atoms with E-state index in [4.69, 9.17) is 19.2 Å². The molecule has 0 radical (unpaired) electrons. The molecule has 0 aliphatic carbocycles. The van der Waals surface area contributed by atoms with Crippen LogP contribution >= 0.6 is 0 Å². The number of anilines is 2. The fourth-order valence-electron chi connectivity index (χ4n) is 3.97. The van der Waals surface area contributed by atoms with Gasteiger partial charge in [-0.05, 0) is 48.4 Å². The van der Waals surface area contributed by atoms with E-state index in [1.54, 1.807) is 7.11 Å². The number of benzene rings is 2. The van der Waals surface area contributed by atoms with Gasteiger partial charge < -0.3 is 24.8 Å². The van der Waals surface area contributed by atoms with E-state index in [2.05, 4.69) is 10.6 Å². The predicted molar refractivity (Wildman–Crippen MR) is 117 cm³/mol. The highest BCUT2D eigenvalue weighted by molar-refractivity contribution is 5.79. The Hall–Kier alpha value is -3.74. The molecule has 2 aliphatic heterocycles. The summed E-state index contributed by atoms with van der Waals surface area (Å²) in [6, 6.07) is 17.7. The van der Waals surface area contributed by atoms with Crippen molar-refractivity contribution in [1.29, 1.82) is 0 Å². The lowest BCUT2D eigenvalue weighted by Crippen LogP contribution is -2.18. The number of para-hydroxylation sites is 1. The largest absolute Gasteiger partial charge is 0.486 e. The minimum absolute atomic E-state index is 0.0584. The van der Waals surface area contributed by atoms with Crippen molar-refractivity contribution in [1.82, 2.24) is 10.3 Å². The Morgan fingerprint density at radius 1 is 1.10 bits per heavy atom. The molecule has 31 heavy (non-hydrogen) atoms. The second-order valence-corrected chi connectivity index (χ2v) is 7.49. The summed E-state index contributed by atoms with van der Waals surface area (Å²) in [5.74, 6) is 2.01. The molecular formula is C24H23N3O4. The first-order valence-electron chi connectivity index (χ1n) is 10.3. The Balaban J connectivity index is 1.42. The fourth-order valence-corrected chi connectivity index (χ4v) is 3.97. The summed E-state index contributed by atoms with van der Waals surface area (Å²) in [7, 11) is 1.60. The maximum atomic E-state index is 11.6. The van der Waals surface area contributed by atoms with Crippen LogP contribution in [0, 0.1) is 0 Å². The number of carbonyl (C=O) groups is 1. The summed E-state index contributed by atoms with van der Waals surface area (Å²) >= 11 is 0. The zero-order valence-electron chi connectivity index (χ0n) is 17.2. The van der Waals surface area contributed by atoms with Crippen LogP contribution in [0.2, 0.25) is 0 Å².